The largest absolute Gasteiger partial charge is 0.462 e. The van der Waals surface area contributed by atoms with Crippen molar-refractivity contribution in [2.24, 2.45) is 0 Å². The van der Waals surface area contributed by atoms with Gasteiger partial charge in [0.05, 0.1) is 0 Å². The molecule has 422 valence electrons. The summed E-state index contributed by atoms with van der Waals surface area (Å²) in [5.41, 5.74) is 0. The number of ether oxygens (including phenoxy) is 3. The Bertz CT molecular complexity index is 1510. The molecule has 0 spiro atoms. The summed E-state index contributed by atoms with van der Waals surface area (Å²) >= 11 is 0. The number of hydrogen-bond donors (Lipinski definition) is 0. The number of carbonyl (C=O) groups is 3. The summed E-state index contributed by atoms with van der Waals surface area (Å²) in [5, 5.41) is 0. The second-order valence-corrected chi connectivity index (χ2v) is 20.2. The number of allylic oxidation sites excluding steroid dienone is 18. The van der Waals surface area contributed by atoms with Gasteiger partial charge in [0.25, 0.3) is 0 Å². The van der Waals surface area contributed by atoms with Crippen molar-refractivity contribution in [2.45, 2.75) is 290 Å². The Morgan fingerprint density at radius 1 is 0.284 bits per heavy atom. The molecule has 0 aliphatic rings. The predicted molar refractivity (Wildman–Crippen MR) is 320 cm³/mol. The molecule has 0 N–H and O–H groups in total. The SMILES string of the molecule is CC/C=C\C/C=C\C/C=C\C/C=C\C/C=C\C/C=C\C/C=C\CCCCCCCCCCCCCCCC(=O)OCC(COC(=O)CCCCCCC)OC(=O)CCCCCCC/C=C\C/C=C\CCCCCC. The van der Waals surface area contributed by atoms with Crippen LogP contribution in [0.25, 0.3) is 0 Å². The number of esters is 3. The minimum atomic E-state index is -0.781. The van der Waals surface area contributed by atoms with E-state index in [1.807, 2.05) is 0 Å². The van der Waals surface area contributed by atoms with Gasteiger partial charge in [-0.05, 0) is 109 Å². The van der Waals surface area contributed by atoms with E-state index in [0.717, 1.165) is 135 Å². The minimum Gasteiger partial charge on any atom is -0.462 e. The first-order valence-electron chi connectivity index (χ1n) is 30.9. The molecule has 6 heteroatoms. The number of hydrogen-bond acceptors (Lipinski definition) is 6. The third kappa shape index (κ3) is 59.0. The molecule has 0 aliphatic heterocycles. The fourth-order valence-corrected chi connectivity index (χ4v) is 8.39. The van der Waals surface area contributed by atoms with Gasteiger partial charge in [-0.2, -0.15) is 0 Å². The van der Waals surface area contributed by atoms with Gasteiger partial charge >= 0.3 is 17.9 Å². The van der Waals surface area contributed by atoms with E-state index >= 15 is 0 Å². The molecule has 0 aromatic carbocycles. The molecule has 0 radical (unpaired) electrons. The van der Waals surface area contributed by atoms with Crippen molar-refractivity contribution in [2.75, 3.05) is 13.2 Å². The number of carbonyl (C=O) groups excluding carboxylic acids is 3. The first kappa shape index (κ1) is 70.1. The maximum Gasteiger partial charge on any atom is 0.306 e. The van der Waals surface area contributed by atoms with Crippen LogP contribution in [0.2, 0.25) is 0 Å². The molecule has 1 atom stereocenters. The van der Waals surface area contributed by atoms with Crippen molar-refractivity contribution in [1.82, 2.24) is 0 Å². The molecule has 6 nitrogen and oxygen atoms in total. The van der Waals surface area contributed by atoms with Crippen molar-refractivity contribution in [3.63, 3.8) is 0 Å². The first-order chi connectivity index (χ1) is 36.5. The number of rotatable bonds is 55. The van der Waals surface area contributed by atoms with Crippen molar-refractivity contribution < 1.29 is 28.6 Å². The highest BCUT2D eigenvalue weighted by Gasteiger charge is 2.19. The molecule has 0 fully saturated rings. The quantitative estimate of drug-likeness (QED) is 0.0261. The van der Waals surface area contributed by atoms with E-state index in [1.165, 1.54) is 109 Å². The summed E-state index contributed by atoms with van der Waals surface area (Å²) in [6.45, 7) is 6.42. The van der Waals surface area contributed by atoms with Gasteiger partial charge in [0.15, 0.2) is 6.10 Å². The molecule has 0 saturated carbocycles. The van der Waals surface area contributed by atoms with Crippen LogP contribution in [-0.4, -0.2) is 37.2 Å². The molecule has 0 rings (SSSR count). The van der Waals surface area contributed by atoms with Crippen LogP contribution in [0.4, 0.5) is 0 Å². The molecule has 0 amide bonds. The second kappa shape index (κ2) is 61.6. The van der Waals surface area contributed by atoms with Crippen LogP contribution in [0.15, 0.2) is 109 Å². The van der Waals surface area contributed by atoms with E-state index in [9.17, 15) is 14.4 Å². The molecule has 1 unspecified atom stereocenters. The van der Waals surface area contributed by atoms with Crippen LogP contribution >= 0.6 is 0 Å². The van der Waals surface area contributed by atoms with E-state index in [0.29, 0.717) is 19.3 Å². The maximum absolute atomic E-state index is 12.8. The van der Waals surface area contributed by atoms with Gasteiger partial charge < -0.3 is 14.2 Å². The lowest BCUT2D eigenvalue weighted by molar-refractivity contribution is -0.167. The third-order valence-corrected chi connectivity index (χ3v) is 13.0. The second-order valence-electron chi connectivity index (χ2n) is 20.2. The van der Waals surface area contributed by atoms with Crippen molar-refractivity contribution >= 4 is 17.9 Å². The van der Waals surface area contributed by atoms with Crippen LogP contribution in [0.3, 0.4) is 0 Å². The lowest BCUT2D eigenvalue weighted by Gasteiger charge is -2.18. The highest BCUT2D eigenvalue weighted by atomic mass is 16.6. The Morgan fingerprint density at radius 3 is 0.838 bits per heavy atom. The average molecular weight is 1030 g/mol. The van der Waals surface area contributed by atoms with Gasteiger partial charge in [-0.15, -0.1) is 0 Å². The molecule has 0 heterocycles. The van der Waals surface area contributed by atoms with Gasteiger partial charge in [0.2, 0.25) is 0 Å². The van der Waals surface area contributed by atoms with Crippen molar-refractivity contribution in [3.8, 4) is 0 Å². The van der Waals surface area contributed by atoms with Crippen LogP contribution < -0.4 is 0 Å². The fraction of sp³-hybridized carbons (Fsp3) is 0.691. The highest BCUT2D eigenvalue weighted by Crippen LogP contribution is 2.15. The molecule has 0 aliphatic carbocycles. The van der Waals surface area contributed by atoms with Gasteiger partial charge in [-0.1, -0.05) is 265 Å². The summed E-state index contributed by atoms with van der Waals surface area (Å²) in [5.74, 6) is -0.909. The van der Waals surface area contributed by atoms with Gasteiger partial charge in [0, 0.05) is 19.3 Å². The van der Waals surface area contributed by atoms with Gasteiger partial charge in [-0.3, -0.25) is 14.4 Å². The minimum absolute atomic E-state index is 0.0831. The molecule has 0 aromatic heterocycles. The molecule has 74 heavy (non-hydrogen) atoms. The third-order valence-electron chi connectivity index (χ3n) is 13.0. The Morgan fingerprint density at radius 2 is 0.527 bits per heavy atom. The zero-order chi connectivity index (χ0) is 53.6. The van der Waals surface area contributed by atoms with E-state index in [1.54, 1.807) is 0 Å². The van der Waals surface area contributed by atoms with E-state index < -0.39 is 6.10 Å². The average Bonchev–Trinajstić information content (AvgIpc) is 3.40. The normalized spacial score (nSPS) is 12.9. The van der Waals surface area contributed by atoms with E-state index in [-0.39, 0.29) is 31.1 Å². The number of unbranched alkanes of at least 4 members (excludes halogenated alkanes) is 26. The summed E-state index contributed by atoms with van der Waals surface area (Å²) in [6.07, 6.45) is 84.3. The summed E-state index contributed by atoms with van der Waals surface area (Å²) in [4.78, 5) is 37.8. The monoisotopic (exact) mass is 1030 g/mol. The smallest absolute Gasteiger partial charge is 0.306 e. The molecular weight excluding hydrogens is 913 g/mol. The van der Waals surface area contributed by atoms with Crippen LogP contribution in [0.5, 0.6) is 0 Å². The summed E-state index contributed by atoms with van der Waals surface area (Å²) < 4.78 is 16.7. The van der Waals surface area contributed by atoms with Crippen molar-refractivity contribution in [3.05, 3.63) is 109 Å². The summed E-state index contributed by atoms with van der Waals surface area (Å²) in [7, 11) is 0. The molecule has 0 bridgehead atoms. The standard InChI is InChI=1S/C68H114O6/c1-4-7-10-13-15-17-19-21-23-25-26-27-28-29-30-31-32-33-34-35-36-37-38-39-40-41-42-43-45-46-48-50-52-55-58-61-67(70)73-64-65(63-72-66(69)60-57-54-12-9-6-3)74-68(71)62-59-56-53-51-49-47-44-24-22-20-18-16-14-11-8-5-2/h7,10,15,17-18,20-21,23-24,26-27,29-30,32-33,35-36,44,65H,4-6,8-9,11-14,16,19,22,25,28,31,34,37-43,45-64H2,1-3H3/b10-7-,17-15-,20-18-,23-21-,27-26-,30-29-,33-32-,36-35-,44-24-. The lowest BCUT2D eigenvalue weighted by Crippen LogP contribution is -2.30. The maximum atomic E-state index is 12.8. The molecule has 0 saturated heterocycles. The summed E-state index contributed by atoms with van der Waals surface area (Å²) in [6, 6.07) is 0. The topological polar surface area (TPSA) is 78.9 Å². The van der Waals surface area contributed by atoms with Crippen LogP contribution in [0, 0.1) is 0 Å². The molecule has 0 aromatic rings. The Labute approximate surface area is 457 Å². The van der Waals surface area contributed by atoms with Crippen LogP contribution in [0.1, 0.15) is 284 Å². The zero-order valence-corrected chi connectivity index (χ0v) is 48.3. The van der Waals surface area contributed by atoms with Gasteiger partial charge in [0.1, 0.15) is 13.2 Å². The predicted octanol–water partition coefficient (Wildman–Crippen LogP) is 21.0. The first-order valence-corrected chi connectivity index (χ1v) is 30.9. The van der Waals surface area contributed by atoms with Crippen LogP contribution in [-0.2, 0) is 28.6 Å². The Kier molecular flexibility index (Phi) is 58.3. The van der Waals surface area contributed by atoms with Crippen molar-refractivity contribution in [1.29, 1.82) is 0 Å². The van der Waals surface area contributed by atoms with Gasteiger partial charge in [-0.25, -0.2) is 0 Å². The fourth-order valence-electron chi connectivity index (χ4n) is 8.39. The molecular formula is C68H114O6. The lowest BCUT2D eigenvalue weighted by atomic mass is 10.0. The Hall–Kier alpha value is -3.93. The zero-order valence-electron chi connectivity index (χ0n) is 48.3. The van der Waals surface area contributed by atoms with E-state index in [2.05, 4.69) is 130 Å². The highest BCUT2D eigenvalue weighted by molar-refractivity contribution is 5.71. The Balaban J connectivity index is 4.00. The van der Waals surface area contributed by atoms with E-state index in [4.69, 9.17) is 14.2 Å².